The molecule has 0 spiro atoms. The Bertz CT molecular complexity index is 939. The predicted octanol–water partition coefficient (Wildman–Crippen LogP) is 4.15. The Kier molecular flexibility index (Phi) is 5.99. The minimum absolute atomic E-state index is 0.178. The Hall–Kier alpha value is -2.21. The zero-order valence-electron chi connectivity index (χ0n) is 16.3. The molecule has 2 fully saturated rings. The monoisotopic (exact) mass is 431 g/mol. The molecular weight excluding hydrogens is 409 g/mol. The van der Waals surface area contributed by atoms with Gasteiger partial charge in [0.2, 0.25) is 0 Å². The molecule has 0 aliphatic carbocycles. The van der Waals surface area contributed by atoms with Gasteiger partial charge < -0.3 is 19.4 Å². The SMILES string of the molecule is CN1CCN(c2ccccc2/C=C2\OCCN(c3ccc(Cl)c(Cl)c3)C2=O)CC1. The van der Waals surface area contributed by atoms with E-state index in [1.807, 2.05) is 24.3 Å². The summed E-state index contributed by atoms with van der Waals surface area (Å²) in [6.45, 7) is 4.85. The molecule has 5 nitrogen and oxygen atoms in total. The molecule has 0 unspecified atom stereocenters. The van der Waals surface area contributed by atoms with Gasteiger partial charge >= 0.3 is 0 Å². The molecule has 0 radical (unpaired) electrons. The van der Waals surface area contributed by atoms with Gasteiger partial charge in [-0.25, -0.2) is 0 Å². The first-order valence-corrected chi connectivity index (χ1v) is 10.4. The maximum Gasteiger partial charge on any atom is 0.293 e. The van der Waals surface area contributed by atoms with Crippen molar-refractivity contribution >= 4 is 46.6 Å². The van der Waals surface area contributed by atoms with Crippen LogP contribution in [0.1, 0.15) is 5.56 Å². The highest BCUT2D eigenvalue weighted by atomic mass is 35.5. The van der Waals surface area contributed by atoms with Crippen LogP contribution in [0.2, 0.25) is 10.0 Å². The second-order valence-electron chi connectivity index (χ2n) is 7.26. The Morgan fingerprint density at radius 1 is 0.966 bits per heavy atom. The van der Waals surface area contributed by atoms with Gasteiger partial charge in [0.1, 0.15) is 6.61 Å². The van der Waals surface area contributed by atoms with E-state index in [9.17, 15) is 4.79 Å². The number of morpholine rings is 1. The molecule has 2 saturated heterocycles. The number of ether oxygens (including phenoxy) is 1. The number of benzene rings is 2. The van der Waals surface area contributed by atoms with Crippen LogP contribution in [0.5, 0.6) is 0 Å². The van der Waals surface area contributed by atoms with E-state index in [0.29, 0.717) is 34.6 Å². The number of amides is 1. The quantitative estimate of drug-likeness (QED) is 0.683. The lowest BCUT2D eigenvalue weighted by molar-refractivity contribution is -0.120. The molecule has 2 aliphatic rings. The standard InChI is InChI=1S/C22H23Cl2N3O2/c1-25-8-10-26(11-9-25)20-5-3-2-4-16(20)14-21-22(28)27(12-13-29-21)17-6-7-18(23)19(24)15-17/h2-7,14-15H,8-13H2,1H3/b21-14-. The third kappa shape index (κ3) is 4.37. The number of hydrogen-bond donors (Lipinski definition) is 0. The Morgan fingerprint density at radius 2 is 1.72 bits per heavy atom. The summed E-state index contributed by atoms with van der Waals surface area (Å²) in [7, 11) is 2.14. The summed E-state index contributed by atoms with van der Waals surface area (Å²) < 4.78 is 5.74. The van der Waals surface area contributed by atoms with Crippen LogP contribution in [0.15, 0.2) is 48.2 Å². The van der Waals surface area contributed by atoms with Gasteiger partial charge in [0, 0.05) is 43.1 Å². The van der Waals surface area contributed by atoms with E-state index >= 15 is 0 Å². The summed E-state index contributed by atoms with van der Waals surface area (Å²) in [5.41, 5.74) is 2.82. The maximum atomic E-state index is 13.1. The first-order chi connectivity index (χ1) is 14.0. The van der Waals surface area contributed by atoms with Gasteiger partial charge in [0.15, 0.2) is 5.76 Å². The molecule has 0 N–H and O–H groups in total. The number of carbonyl (C=O) groups excluding carboxylic acids is 1. The second kappa shape index (κ2) is 8.66. The number of piperazine rings is 1. The Balaban J connectivity index is 1.61. The fraction of sp³-hybridized carbons (Fsp3) is 0.318. The van der Waals surface area contributed by atoms with Gasteiger partial charge in [0.05, 0.1) is 16.6 Å². The van der Waals surface area contributed by atoms with Crippen molar-refractivity contribution in [2.24, 2.45) is 0 Å². The lowest BCUT2D eigenvalue weighted by Gasteiger charge is -2.35. The molecule has 2 aromatic carbocycles. The zero-order valence-corrected chi connectivity index (χ0v) is 17.8. The highest BCUT2D eigenvalue weighted by Crippen LogP contribution is 2.30. The van der Waals surface area contributed by atoms with E-state index in [1.165, 1.54) is 0 Å². The third-order valence-electron chi connectivity index (χ3n) is 5.31. The number of anilines is 2. The van der Waals surface area contributed by atoms with Crippen LogP contribution in [0.4, 0.5) is 11.4 Å². The molecule has 0 atom stereocenters. The second-order valence-corrected chi connectivity index (χ2v) is 8.08. The summed E-state index contributed by atoms with van der Waals surface area (Å²) in [6.07, 6.45) is 1.85. The number of halogens is 2. The summed E-state index contributed by atoms with van der Waals surface area (Å²) in [5, 5.41) is 0.891. The highest BCUT2D eigenvalue weighted by Gasteiger charge is 2.27. The van der Waals surface area contributed by atoms with E-state index in [-0.39, 0.29) is 5.91 Å². The largest absolute Gasteiger partial charge is 0.486 e. The van der Waals surface area contributed by atoms with Crippen molar-refractivity contribution in [3.05, 3.63) is 63.8 Å². The van der Waals surface area contributed by atoms with Crippen molar-refractivity contribution in [1.29, 1.82) is 0 Å². The molecule has 7 heteroatoms. The van der Waals surface area contributed by atoms with Crippen LogP contribution in [0.3, 0.4) is 0 Å². The number of likely N-dealkylation sites (N-methyl/N-ethyl adjacent to an activating group) is 1. The number of para-hydroxylation sites is 1. The van der Waals surface area contributed by atoms with E-state index < -0.39 is 0 Å². The molecule has 4 rings (SSSR count). The lowest BCUT2D eigenvalue weighted by atomic mass is 10.1. The van der Waals surface area contributed by atoms with Crippen LogP contribution in [-0.2, 0) is 9.53 Å². The maximum absolute atomic E-state index is 13.1. The van der Waals surface area contributed by atoms with Crippen molar-refractivity contribution in [3.63, 3.8) is 0 Å². The van der Waals surface area contributed by atoms with Gasteiger partial charge in [0.25, 0.3) is 5.91 Å². The summed E-state index contributed by atoms with van der Waals surface area (Å²) in [4.78, 5) is 19.4. The van der Waals surface area contributed by atoms with E-state index in [0.717, 1.165) is 37.4 Å². The number of rotatable bonds is 3. The third-order valence-corrected chi connectivity index (χ3v) is 6.05. The fourth-order valence-electron chi connectivity index (χ4n) is 3.63. The molecule has 1 amide bonds. The minimum Gasteiger partial charge on any atom is -0.486 e. The molecule has 2 aromatic rings. The summed E-state index contributed by atoms with van der Waals surface area (Å²) >= 11 is 12.2. The molecule has 0 saturated carbocycles. The molecule has 0 aromatic heterocycles. The van der Waals surface area contributed by atoms with Gasteiger partial charge in [-0.3, -0.25) is 4.79 Å². The fourth-order valence-corrected chi connectivity index (χ4v) is 3.92. The summed E-state index contributed by atoms with van der Waals surface area (Å²) in [5.74, 6) is 0.159. The van der Waals surface area contributed by atoms with E-state index in [2.05, 4.69) is 22.9 Å². The predicted molar refractivity (Wildman–Crippen MR) is 119 cm³/mol. The summed E-state index contributed by atoms with van der Waals surface area (Å²) in [6, 6.07) is 13.3. The topological polar surface area (TPSA) is 36.0 Å². The number of nitrogens with zero attached hydrogens (tertiary/aromatic N) is 3. The minimum atomic E-state index is -0.178. The zero-order chi connectivity index (χ0) is 20.4. The van der Waals surface area contributed by atoms with Crippen molar-refractivity contribution < 1.29 is 9.53 Å². The first-order valence-electron chi connectivity index (χ1n) is 9.67. The van der Waals surface area contributed by atoms with Gasteiger partial charge in [-0.2, -0.15) is 0 Å². The van der Waals surface area contributed by atoms with Crippen LogP contribution in [0, 0.1) is 0 Å². The van der Waals surface area contributed by atoms with Crippen molar-refractivity contribution in [2.75, 3.05) is 56.2 Å². The van der Waals surface area contributed by atoms with E-state index in [4.69, 9.17) is 27.9 Å². The number of carbonyl (C=O) groups is 1. The molecule has 0 bridgehead atoms. The van der Waals surface area contributed by atoms with E-state index in [1.54, 1.807) is 23.1 Å². The van der Waals surface area contributed by atoms with Gasteiger partial charge in [-0.05, 0) is 37.4 Å². The van der Waals surface area contributed by atoms with Crippen molar-refractivity contribution in [1.82, 2.24) is 4.90 Å². The number of hydrogen-bond acceptors (Lipinski definition) is 4. The highest BCUT2D eigenvalue weighted by molar-refractivity contribution is 6.42. The molecule has 152 valence electrons. The molecule has 2 heterocycles. The average molecular weight is 432 g/mol. The lowest BCUT2D eigenvalue weighted by Crippen LogP contribution is -2.44. The van der Waals surface area contributed by atoms with Crippen LogP contribution < -0.4 is 9.80 Å². The van der Waals surface area contributed by atoms with Crippen LogP contribution >= 0.6 is 23.2 Å². The molecular formula is C22H23Cl2N3O2. The smallest absolute Gasteiger partial charge is 0.293 e. The average Bonchev–Trinajstić information content (AvgIpc) is 2.73. The normalized spacial score (nSPS) is 19.6. The van der Waals surface area contributed by atoms with Gasteiger partial charge in [-0.15, -0.1) is 0 Å². The Morgan fingerprint density at radius 3 is 2.48 bits per heavy atom. The Labute approximate surface area is 181 Å². The van der Waals surface area contributed by atoms with Gasteiger partial charge in [-0.1, -0.05) is 41.4 Å². The molecule has 2 aliphatic heterocycles. The first kappa shape index (κ1) is 20.1. The van der Waals surface area contributed by atoms with Crippen LogP contribution in [0.25, 0.3) is 6.08 Å². The van der Waals surface area contributed by atoms with Crippen molar-refractivity contribution in [2.45, 2.75) is 0 Å². The van der Waals surface area contributed by atoms with Crippen LogP contribution in [-0.4, -0.2) is 57.2 Å². The van der Waals surface area contributed by atoms with Crippen molar-refractivity contribution in [3.8, 4) is 0 Å². The molecule has 29 heavy (non-hydrogen) atoms.